The second kappa shape index (κ2) is 11.4. The maximum absolute atomic E-state index is 10.9. The van der Waals surface area contributed by atoms with Crippen LogP contribution in [0, 0.1) is 0 Å². The zero-order chi connectivity index (χ0) is 17.0. The van der Waals surface area contributed by atoms with Gasteiger partial charge >= 0.3 is 11.9 Å². The standard InChI is InChI=1S/C9H10O3.C8H14O2/c1-7(2)9(10)12-6-8-4-3-5-11-8;1-4-5-6-10-8(9)7(2)3/h3-5H,1,6H2,2H3;2,4-6H2,1,3H3. The van der Waals surface area contributed by atoms with Crippen LogP contribution in [0.5, 0.6) is 0 Å². The average molecular weight is 308 g/mol. The van der Waals surface area contributed by atoms with Crippen molar-refractivity contribution < 1.29 is 23.5 Å². The molecule has 0 N–H and O–H groups in total. The number of rotatable bonds is 7. The molecule has 1 aromatic rings. The van der Waals surface area contributed by atoms with Gasteiger partial charge in [-0.2, -0.15) is 0 Å². The Morgan fingerprint density at radius 2 is 1.73 bits per heavy atom. The number of esters is 2. The molecule has 0 bridgehead atoms. The van der Waals surface area contributed by atoms with Crippen molar-refractivity contribution in [1.29, 1.82) is 0 Å². The summed E-state index contributed by atoms with van der Waals surface area (Å²) in [5.74, 6) is -0.0514. The Kier molecular flexibility index (Phi) is 10.2. The smallest absolute Gasteiger partial charge is 0.333 e. The van der Waals surface area contributed by atoms with Gasteiger partial charge in [0, 0.05) is 11.1 Å². The predicted octanol–water partition coefficient (Wildman–Crippen LogP) is 3.80. The minimum atomic E-state index is -0.397. The van der Waals surface area contributed by atoms with Crippen molar-refractivity contribution in [2.45, 2.75) is 40.2 Å². The number of carbonyl (C=O) groups is 2. The van der Waals surface area contributed by atoms with Crippen LogP contribution in [0.1, 0.15) is 39.4 Å². The highest BCUT2D eigenvalue weighted by Crippen LogP contribution is 2.03. The Hall–Kier alpha value is -2.30. The van der Waals surface area contributed by atoms with Crippen LogP contribution < -0.4 is 0 Å². The van der Waals surface area contributed by atoms with Crippen LogP contribution in [0.25, 0.3) is 0 Å². The molecule has 0 unspecified atom stereocenters. The average Bonchev–Trinajstić information content (AvgIpc) is 2.98. The molecule has 0 saturated heterocycles. The molecule has 1 rings (SSSR count). The molecule has 5 heteroatoms. The van der Waals surface area contributed by atoms with Gasteiger partial charge in [0.2, 0.25) is 0 Å². The van der Waals surface area contributed by atoms with Crippen LogP contribution in [0.2, 0.25) is 0 Å². The lowest BCUT2D eigenvalue weighted by molar-refractivity contribution is -0.141. The third-order valence-electron chi connectivity index (χ3n) is 2.35. The largest absolute Gasteiger partial charge is 0.466 e. The molecule has 0 saturated carbocycles. The first-order chi connectivity index (χ1) is 10.4. The molecule has 5 nitrogen and oxygen atoms in total. The summed E-state index contributed by atoms with van der Waals surface area (Å²) >= 11 is 0. The first-order valence-corrected chi connectivity index (χ1v) is 7.06. The van der Waals surface area contributed by atoms with Gasteiger partial charge in [-0.25, -0.2) is 9.59 Å². The molecular weight excluding hydrogens is 284 g/mol. The third-order valence-corrected chi connectivity index (χ3v) is 2.35. The van der Waals surface area contributed by atoms with Gasteiger partial charge in [0.15, 0.2) is 0 Å². The van der Waals surface area contributed by atoms with Gasteiger partial charge in [-0.15, -0.1) is 0 Å². The SMILES string of the molecule is C=C(C)C(=O)OCCCC.C=C(C)C(=O)OCc1ccco1. The zero-order valence-electron chi connectivity index (χ0n) is 13.5. The summed E-state index contributed by atoms with van der Waals surface area (Å²) in [5, 5.41) is 0. The van der Waals surface area contributed by atoms with E-state index in [9.17, 15) is 9.59 Å². The minimum Gasteiger partial charge on any atom is -0.466 e. The fourth-order valence-corrected chi connectivity index (χ4v) is 1.09. The molecule has 0 aliphatic rings. The van der Waals surface area contributed by atoms with Gasteiger partial charge < -0.3 is 13.9 Å². The first kappa shape index (κ1) is 19.7. The van der Waals surface area contributed by atoms with E-state index in [-0.39, 0.29) is 12.6 Å². The molecule has 0 aliphatic heterocycles. The van der Waals surface area contributed by atoms with Crippen molar-refractivity contribution in [3.63, 3.8) is 0 Å². The van der Waals surface area contributed by atoms with Crippen molar-refractivity contribution in [1.82, 2.24) is 0 Å². The monoisotopic (exact) mass is 308 g/mol. The van der Waals surface area contributed by atoms with Gasteiger partial charge in [0.1, 0.15) is 12.4 Å². The Morgan fingerprint density at radius 1 is 1.14 bits per heavy atom. The summed E-state index contributed by atoms with van der Waals surface area (Å²) in [6.45, 7) is 12.9. The molecule has 0 aliphatic carbocycles. The van der Waals surface area contributed by atoms with E-state index < -0.39 is 5.97 Å². The highest BCUT2D eigenvalue weighted by molar-refractivity contribution is 5.87. The Morgan fingerprint density at radius 3 is 2.18 bits per heavy atom. The normalized spacial score (nSPS) is 9.23. The molecule has 122 valence electrons. The van der Waals surface area contributed by atoms with E-state index in [1.165, 1.54) is 6.26 Å². The molecule has 0 radical (unpaired) electrons. The van der Waals surface area contributed by atoms with Crippen LogP contribution in [-0.2, 0) is 25.7 Å². The Bertz CT molecular complexity index is 485. The van der Waals surface area contributed by atoms with E-state index in [1.807, 2.05) is 0 Å². The van der Waals surface area contributed by atoms with E-state index in [2.05, 4.69) is 20.1 Å². The van der Waals surface area contributed by atoms with E-state index in [4.69, 9.17) is 13.9 Å². The first-order valence-electron chi connectivity index (χ1n) is 7.06. The number of hydrogen-bond donors (Lipinski definition) is 0. The van der Waals surface area contributed by atoms with E-state index >= 15 is 0 Å². The van der Waals surface area contributed by atoms with E-state index in [0.29, 0.717) is 23.5 Å². The van der Waals surface area contributed by atoms with Crippen LogP contribution in [0.15, 0.2) is 47.1 Å². The predicted molar refractivity (Wildman–Crippen MR) is 84.0 cm³/mol. The Balaban J connectivity index is 0.000000409. The van der Waals surface area contributed by atoms with Crippen molar-refractivity contribution in [2.24, 2.45) is 0 Å². The third kappa shape index (κ3) is 9.58. The molecule has 0 aromatic carbocycles. The number of hydrogen-bond acceptors (Lipinski definition) is 5. The number of unbranched alkanes of at least 4 members (excludes halogenated alkanes) is 1. The summed E-state index contributed by atoms with van der Waals surface area (Å²) < 4.78 is 14.6. The maximum atomic E-state index is 10.9. The van der Waals surface area contributed by atoms with Crippen molar-refractivity contribution in [2.75, 3.05) is 6.61 Å². The lowest BCUT2D eigenvalue weighted by Crippen LogP contribution is -2.05. The van der Waals surface area contributed by atoms with Crippen LogP contribution in [0.3, 0.4) is 0 Å². The summed E-state index contributed by atoms with van der Waals surface area (Å²) in [6, 6.07) is 3.48. The van der Waals surface area contributed by atoms with Gasteiger partial charge in [-0.3, -0.25) is 0 Å². The molecule has 22 heavy (non-hydrogen) atoms. The molecule has 0 fully saturated rings. The highest BCUT2D eigenvalue weighted by atomic mass is 16.5. The number of carbonyl (C=O) groups excluding carboxylic acids is 2. The van der Waals surface area contributed by atoms with Crippen molar-refractivity contribution in [3.8, 4) is 0 Å². The summed E-state index contributed by atoms with van der Waals surface area (Å²) in [4.78, 5) is 21.6. The molecule has 0 spiro atoms. The van der Waals surface area contributed by atoms with Gasteiger partial charge in [0.05, 0.1) is 12.9 Å². The van der Waals surface area contributed by atoms with Crippen molar-refractivity contribution >= 4 is 11.9 Å². The zero-order valence-corrected chi connectivity index (χ0v) is 13.5. The molecule has 1 aromatic heterocycles. The van der Waals surface area contributed by atoms with E-state index in [1.54, 1.807) is 26.0 Å². The quantitative estimate of drug-likeness (QED) is 0.435. The van der Waals surface area contributed by atoms with E-state index in [0.717, 1.165) is 12.8 Å². The minimum absolute atomic E-state index is 0.165. The van der Waals surface area contributed by atoms with Crippen LogP contribution in [-0.4, -0.2) is 18.5 Å². The lowest BCUT2D eigenvalue weighted by Gasteiger charge is -2.01. The van der Waals surface area contributed by atoms with Crippen LogP contribution in [0.4, 0.5) is 0 Å². The molecular formula is C17H24O5. The van der Waals surface area contributed by atoms with Crippen molar-refractivity contribution in [3.05, 3.63) is 48.5 Å². The highest BCUT2D eigenvalue weighted by Gasteiger charge is 2.04. The fourth-order valence-electron chi connectivity index (χ4n) is 1.09. The number of ether oxygens (including phenoxy) is 2. The van der Waals surface area contributed by atoms with Crippen LogP contribution >= 0.6 is 0 Å². The molecule has 1 heterocycles. The second-order valence-corrected chi connectivity index (χ2v) is 4.71. The summed E-state index contributed by atoms with van der Waals surface area (Å²) in [7, 11) is 0. The second-order valence-electron chi connectivity index (χ2n) is 4.71. The fraction of sp³-hybridized carbons (Fsp3) is 0.412. The molecule has 0 atom stereocenters. The number of furan rings is 1. The summed E-state index contributed by atoms with van der Waals surface area (Å²) in [5.41, 5.74) is 0.859. The Labute approximate surface area is 131 Å². The molecule has 0 amide bonds. The summed E-state index contributed by atoms with van der Waals surface area (Å²) in [6.07, 6.45) is 3.51. The maximum Gasteiger partial charge on any atom is 0.333 e. The van der Waals surface area contributed by atoms with Gasteiger partial charge in [-0.05, 0) is 32.4 Å². The van der Waals surface area contributed by atoms with Gasteiger partial charge in [0.25, 0.3) is 0 Å². The topological polar surface area (TPSA) is 65.7 Å². The lowest BCUT2D eigenvalue weighted by atomic mass is 10.3. The van der Waals surface area contributed by atoms with Gasteiger partial charge in [-0.1, -0.05) is 26.5 Å².